The Morgan fingerprint density at radius 2 is 1.88 bits per heavy atom. The second kappa shape index (κ2) is 8.02. The molecule has 1 fully saturated rings. The Kier molecular flexibility index (Phi) is 5.18. The molecule has 5 rings (SSSR count). The molecule has 3 aliphatic heterocycles. The van der Waals surface area contributed by atoms with Gasteiger partial charge in [-0.05, 0) is 83.0 Å². The first kappa shape index (κ1) is 20.6. The van der Waals surface area contributed by atoms with Crippen molar-refractivity contribution < 1.29 is 4.79 Å². The van der Waals surface area contributed by atoms with E-state index >= 15 is 0 Å². The maximum absolute atomic E-state index is 13.4. The van der Waals surface area contributed by atoms with Gasteiger partial charge in [0.1, 0.15) is 0 Å². The molecule has 0 bridgehead atoms. The van der Waals surface area contributed by atoms with Gasteiger partial charge in [0.2, 0.25) is 0 Å². The van der Waals surface area contributed by atoms with Crippen LogP contribution in [-0.4, -0.2) is 50.4 Å². The molecule has 0 radical (unpaired) electrons. The topological polar surface area (TPSA) is 53.7 Å². The van der Waals surface area contributed by atoms with Crippen LogP contribution in [0.3, 0.4) is 0 Å². The number of hydrogen-bond acceptors (Lipinski definition) is 4. The van der Waals surface area contributed by atoms with Crippen LogP contribution in [0.2, 0.25) is 0 Å². The van der Waals surface area contributed by atoms with E-state index in [1.165, 1.54) is 5.57 Å². The van der Waals surface area contributed by atoms with Gasteiger partial charge in [0, 0.05) is 17.8 Å². The summed E-state index contributed by atoms with van der Waals surface area (Å²) in [6.45, 7) is 8.22. The monoisotopic (exact) mass is 427 g/mol. The van der Waals surface area contributed by atoms with Crippen molar-refractivity contribution in [3.63, 3.8) is 0 Å². The molecule has 1 saturated heterocycles. The zero-order chi connectivity index (χ0) is 22.4. The molecule has 0 aliphatic carbocycles. The Morgan fingerprint density at radius 3 is 2.66 bits per heavy atom. The van der Waals surface area contributed by atoms with E-state index in [2.05, 4.69) is 29.9 Å². The number of carbonyl (C=O) groups is 1. The van der Waals surface area contributed by atoms with Gasteiger partial charge in [-0.1, -0.05) is 18.2 Å². The smallest absolute Gasteiger partial charge is 0.255 e. The number of piperidine rings is 1. The van der Waals surface area contributed by atoms with Gasteiger partial charge in [0.25, 0.3) is 5.91 Å². The van der Waals surface area contributed by atoms with Gasteiger partial charge in [0.05, 0.1) is 34.5 Å². The fourth-order valence-corrected chi connectivity index (χ4v) is 4.81. The molecule has 164 valence electrons. The van der Waals surface area contributed by atoms with Crippen LogP contribution in [-0.2, 0) is 4.79 Å². The molecule has 2 aromatic heterocycles. The third-order valence-electron chi connectivity index (χ3n) is 6.62. The van der Waals surface area contributed by atoms with Gasteiger partial charge in [-0.25, -0.2) is 4.52 Å². The van der Waals surface area contributed by atoms with E-state index < -0.39 is 0 Å². The van der Waals surface area contributed by atoms with Crippen LogP contribution in [0.1, 0.15) is 36.8 Å². The van der Waals surface area contributed by atoms with Crippen LogP contribution >= 0.6 is 0 Å². The van der Waals surface area contributed by atoms with Gasteiger partial charge in [0.15, 0.2) is 0 Å². The molecule has 3 aliphatic rings. The first-order chi connectivity index (χ1) is 15.4. The SMILES string of the molecule is CC1=CC(C2CCN(C)CC2)=CN2C(=O)\C=C(c3cc4c(C)nc(C)cn4n3)/C=C/C=C\12. The summed E-state index contributed by atoms with van der Waals surface area (Å²) in [4.78, 5) is 22.1. The predicted octanol–water partition coefficient (Wildman–Crippen LogP) is 4.20. The highest BCUT2D eigenvalue weighted by molar-refractivity contribution is 6.00. The summed E-state index contributed by atoms with van der Waals surface area (Å²) >= 11 is 0. The number of carbonyl (C=O) groups excluding carboxylic acids is 1. The third-order valence-corrected chi connectivity index (χ3v) is 6.62. The molecule has 2 aromatic rings. The van der Waals surface area contributed by atoms with E-state index in [1.54, 1.807) is 11.0 Å². The fourth-order valence-electron chi connectivity index (χ4n) is 4.81. The Morgan fingerprint density at radius 1 is 1.09 bits per heavy atom. The van der Waals surface area contributed by atoms with E-state index in [0.29, 0.717) is 5.92 Å². The summed E-state index contributed by atoms with van der Waals surface area (Å²) < 4.78 is 1.85. The number of fused-ring (bicyclic) bond motifs is 2. The van der Waals surface area contributed by atoms with Crippen molar-refractivity contribution in [2.24, 2.45) is 5.92 Å². The quantitative estimate of drug-likeness (QED) is 0.721. The molecule has 0 N–H and O–H groups in total. The summed E-state index contributed by atoms with van der Waals surface area (Å²) in [5.74, 6) is 0.452. The molecule has 1 amide bonds. The van der Waals surface area contributed by atoms with Gasteiger partial charge in [-0.2, -0.15) is 5.10 Å². The second-order valence-electron chi connectivity index (χ2n) is 9.08. The first-order valence-electron chi connectivity index (χ1n) is 11.3. The van der Waals surface area contributed by atoms with Crippen LogP contribution in [0.5, 0.6) is 0 Å². The van der Waals surface area contributed by atoms with Gasteiger partial charge in [-0.15, -0.1) is 0 Å². The van der Waals surface area contributed by atoms with Gasteiger partial charge >= 0.3 is 0 Å². The van der Waals surface area contributed by atoms with E-state index in [-0.39, 0.29) is 5.91 Å². The maximum Gasteiger partial charge on any atom is 0.255 e. The minimum atomic E-state index is -0.0449. The van der Waals surface area contributed by atoms with Crippen LogP contribution in [0.25, 0.3) is 11.1 Å². The number of aryl methyl sites for hydroxylation is 2. The lowest BCUT2D eigenvalue weighted by Gasteiger charge is -2.34. The van der Waals surface area contributed by atoms with E-state index in [1.807, 2.05) is 55.1 Å². The maximum atomic E-state index is 13.4. The number of aromatic nitrogens is 3. The predicted molar refractivity (Wildman–Crippen MR) is 127 cm³/mol. The molecule has 0 unspecified atom stereocenters. The number of amides is 1. The molecule has 6 heteroatoms. The van der Waals surface area contributed by atoms with Gasteiger partial charge in [-0.3, -0.25) is 14.7 Å². The molecular weight excluding hydrogens is 398 g/mol. The fraction of sp³-hybridized carbons (Fsp3) is 0.346. The van der Waals surface area contributed by atoms with Crippen molar-refractivity contribution in [2.45, 2.75) is 33.6 Å². The lowest BCUT2D eigenvalue weighted by molar-refractivity contribution is -0.122. The number of likely N-dealkylation sites (tertiary alicyclic amines) is 1. The van der Waals surface area contributed by atoms with E-state index in [0.717, 1.165) is 65.4 Å². The Balaban J connectivity index is 1.51. The zero-order valence-corrected chi connectivity index (χ0v) is 19.2. The highest BCUT2D eigenvalue weighted by Crippen LogP contribution is 2.33. The molecule has 0 aromatic carbocycles. The minimum absolute atomic E-state index is 0.0449. The highest BCUT2D eigenvalue weighted by Gasteiger charge is 2.27. The van der Waals surface area contributed by atoms with Crippen molar-refractivity contribution in [3.05, 3.63) is 82.8 Å². The summed E-state index contributed by atoms with van der Waals surface area (Å²) in [5.41, 5.74) is 7.67. The molecule has 0 atom stereocenters. The lowest BCUT2D eigenvalue weighted by Crippen LogP contribution is -2.33. The zero-order valence-electron chi connectivity index (χ0n) is 19.2. The van der Waals surface area contributed by atoms with Crippen molar-refractivity contribution in [1.82, 2.24) is 24.4 Å². The highest BCUT2D eigenvalue weighted by atomic mass is 16.2. The summed E-state index contributed by atoms with van der Waals surface area (Å²) in [5, 5.41) is 4.71. The Bertz CT molecular complexity index is 1250. The number of nitrogens with zero attached hydrogens (tertiary/aromatic N) is 5. The standard InChI is InChI=1S/C26H29N5O/c1-17-12-22(20-8-10-29(4)11-9-20)16-30-24(17)7-5-6-21(13-26(30)32)23-14-25-19(3)27-18(2)15-31(25)28-23/h5-7,12-16,20H,8-11H2,1-4H3/b6-5+,21-13+,24-7+. The lowest BCUT2D eigenvalue weighted by atomic mass is 9.86. The van der Waals surface area contributed by atoms with Crippen molar-refractivity contribution in [2.75, 3.05) is 20.1 Å². The molecule has 5 heterocycles. The summed E-state index contributed by atoms with van der Waals surface area (Å²) in [6, 6.07) is 2.00. The molecule has 6 nitrogen and oxygen atoms in total. The van der Waals surface area contributed by atoms with Crippen molar-refractivity contribution in [3.8, 4) is 0 Å². The average molecular weight is 428 g/mol. The number of hydrogen-bond donors (Lipinski definition) is 0. The van der Waals surface area contributed by atoms with Gasteiger partial charge < -0.3 is 4.90 Å². The van der Waals surface area contributed by atoms with Crippen molar-refractivity contribution >= 4 is 17.0 Å². The largest absolute Gasteiger partial charge is 0.306 e. The first-order valence-corrected chi connectivity index (χ1v) is 11.3. The second-order valence-corrected chi connectivity index (χ2v) is 9.08. The van der Waals surface area contributed by atoms with Crippen molar-refractivity contribution in [1.29, 1.82) is 0 Å². The number of allylic oxidation sites excluding steroid dienone is 7. The summed E-state index contributed by atoms with van der Waals surface area (Å²) in [7, 11) is 2.17. The van der Waals surface area contributed by atoms with E-state index in [9.17, 15) is 4.79 Å². The molecule has 32 heavy (non-hydrogen) atoms. The molecule has 0 spiro atoms. The molecular formula is C26H29N5O. The average Bonchev–Trinajstić information content (AvgIpc) is 3.17. The Labute approximate surface area is 188 Å². The van der Waals surface area contributed by atoms with Crippen LogP contribution in [0.4, 0.5) is 0 Å². The molecule has 0 saturated carbocycles. The van der Waals surface area contributed by atoms with Crippen LogP contribution < -0.4 is 0 Å². The Hall–Kier alpha value is -3.25. The van der Waals surface area contributed by atoms with Crippen LogP contribution in [0.15, 0.2) is 65.7 Å². The minimum Gasteiger partial charge on any atom is -0.306 e. The van der Waals surface area contributed by atoms with E-state index in [4.69, 9.17) is 5.10 Å². The summed E-state index contributed by atoms with van der Waals surface area (Å²) in [6.07, 6.45) is 16.2. The third kappa shape index (κ3) is 3.75. The van der Waals surface area contributed by atoms with Crippen LogP contribution in [0, 0.1) is 19.8 Å². The number of rotatable bonds is 2. The normalized spacial score (nSPS) is 24.6.